The lowest BCUT2D eigenvalue weighted by molar-refractivity contribution is 0.0689. The summed E-state index contributed by atoms with van der Waals surface area (Å²) in [7, 11) is 0. The van der Waals surface area contributed by atoms with Crippen molar-refractivity contribution in [2.45, 2.75) is 11.8 Å². The van der Waals surface area contributed by atoms with E-state index in [1.54, 1.807) is 24.3 Å². The van der Waals surface area contributed by atoms with Crippen LogP contribution in [0.4, 0.5) is 5.82 Å². The van der Waals surface area contributed by atoms with Gasteiger partial charge in [-0.3, -0.25) is 14.8 Å². The summed E-state index contributed by atoms with van der Waals surface area (Å²) in [4.78, 5) is 26.9. The van der Waals surface area contributed by atoms with Gasteiger partial charge in [-0.05, 0) is 46.6 Å². The number of thioether (sulfide) groups is 1. The van der Waals surface area contributed by atoms with Crippen molar-refractivity contribution in [3.63, 3.8) is 0 Å². The minimum atomic E-state index is -1.15. The Morgan fingerprint density at radius 1 is 1.15 bits per heavy atom. The fourth-order valence-corrected chi connectivity index (χ4v) is 3.98. The molecule has 27 heavy (non-hydrogen) atoms. The van der Waals surface area contributed by atoms with E-state index in [1.807, 2.05) is 37.3 Å². The van der Waals surface area contributed by atoms with E-state index in [2.05, 4.69) is 26.1 Å². The number of halogens is 1. The highest BCUT2D eigenvalue weighted by Crippen LogP contribution is 2.32. The fraction of sp³-hybridized carbons (Fsp3) is 0.105. The highest BCUT2D eigenvalue weighted by Gasteiger charge is 2.26. The summed E-state index contributed by atoms with van der Waals surface area (Å²) in [6.07, 6.45) is 0. The molecule has 0 bridgehead atoms. The third-order valence-corrected chi connectivity index (χ3v) is 5.78. The van der Waals surface area contributed by atoms with Gasteiger partial charge in [0, 0.05) is 10.5 Å². The van der Waals surface area contributed by atoms with Crippen molar-refractivity contribution in [1.29, 1.82) is 0 Å². The largest absolute Gasteiger partial charge is 0.476 e. The zero-order valence-corrected chi connectivity index (χ0v) is 16.8. The Hall–Kier alpha value is -2.58. The van der Waals surface area contributed by atoms with Crippen LogP contribution in [-0.2, 0) is 0 Å². The first-order chi connectivity index (χ1) is 13.0. The minimum Gasteiger partial charge on any atom is -0.476 e. The average Bonchev–Trinajstić information content (AvgIpc) is 3.05. The Kier molecular flexibility index (Phi) is 5.98. The monoisotopic (exact) mass is 445 g/mol. The van der Waals surface area contributed by atoms with Crippen LogP contribution in [0.1, 0.15) is 26.4 Å². The maximum absolute atomic E-state index is 13.1. The van der Waals surface area contributed by atoms with Crippen molar-refractivity contribution in [3.8, 4) is 0 Å². The van der Waals surface area contributed by atoms with Crippen molar-refractivity contribution >= 4 is 45.4 Å². The van der Waals surface area contributed by atoms with Crippen LogP contribution in [0, 0.1) is 6.92 Å². The Balaban J connectivity index is 1.95. The van der Waals surface area contributed by atoms with Crippen molar-refractivity contribution in [2.24, 2.45) is 0 Å². The molecule has 1 aromatic heterocycles. The molecule has 3 rings (SSSR count). The van der Waals surface area contributed by atoms with Crippen molar-refractivity contribution in [1.82, 2.24) is 10.2 Å². The molecule has 0 spiro atoms. The van der Waals surface area contributed by atoms with Gasteiger partial charge in [0.25, 0.3) is 5.91 Å². The number of benzene rings is 2. The number of carboxylic acid groups (broad SMARTS) is 1. The summed E-state index contributed by atoms with van der Waals surface area (Å²) >= 11 is 4.74. The van der Waals surface area contributed by atoms with Crippen LogP contribution in [0.3, 0.4) is 0 Å². The zero-order chi connectivity index (χ0) is 19.4. The van der Waals surface area contributed by atoms with Gasteiger partial charge in [-0.2, -0.15) is 5.10 Å². The van der Waals surface area contributed by atoms with Crippen LogP contribution in [0.2, 0.25) is 0 Å². The Morgan fingerprint density at radius 3 is 2.44 bits per heavy atom. The number of amides is 1. The number of rotatable bonds is 6. The Bertz CT molecular complexity index is 975. The first kappa shape index (κ1) is 19.2. The summed E-state index contributed by atoms with van der Waals surface area (Å²) in [5.41, 5.74) is 1.49. The number of anilines is 1. The second-order valence-corrected chi connectivity index (χ2v) is 7.46. The molecule has 0 saturated carbocycles. The number of carbonyl (C=O) groups excluding carboxylic acids is 1. The number of carboxylic acids is 1. The fourth-order valence-electron chi connectivity index (χ4n) is 2.44. The molecule has 0 saturated heterocycles. The summed E-state index contributed by atoms with van der Waals surface area (Å²) in [5, 5.41) is 15.8. The molecule has 0 aliphatic rings. The molecule has 0 aliphatic carbocycles. The molecule has 6 nitrogen and oxygen atoms in total. The van der Waals surface area contributed by atoms with E-state index in [4.69, 9.17) is 0 Å². The van der Waals surface area contributed by atoms with Crippen LogP contribution in [0.15, 0.2) is 64.0 Å². The van der Waals surface area contributed by atoms with Crippen LogP contribution < -0.4 is 4.90 Å². The van der Waals surface area contributed by atoms with Crippen molar-refractivity contribution < 1.29 is 14.7 Å². The summed E-state index contributed by atoms with van der Waals surface area (Å²) in [6, 6.07) is 16.7. The Morgan fingerprint density at radius 2 is 1.81 bits per heavy atom. The number of nitrogens with zero attached hydrogens (tertiary/aromatic N) is 2. The topological polar surface area (TPSA) is 86.3 Å². The normalized spacial score (nSPS) is 10.6. The first-order valence-electron chi connectivity index (χ1n) is 8.01. The number of hydrogen-bond donors (Lipinski definition) is 2. The molecule has 0 atom stereocenters. The van der Waals surface area contributed by atoms with Crippen LogP contribution in [0.5, 0.6) is 0 Å². The van der Waals surface area contributed by atoms with E-state index < -0.39 is 5.97 Å². The molecule has 0 fully saturated rings. The number of carbonyl (C=O) groups is 2. The number of aromatic carboxylic acids is 1. The third-order valence-electron chi connectivity index (χ3n) is 3.87. The van der Waals surface area contributed by atoms with Crippen molar-refractivity contribution in [3.05, 3.63) is 75.9 Å². The average molecular weight is 446 g/mol. The maximum atomic E-state index is 13.1. The molecule has 0 unspecified atom stereocenters. The highest BCUT2D eigenvalue weighted by atomic mass is 79.9. The summed E-state index contributed by atoms with van der Waals surface area (Å²) < 4.78 is 0.240. The lowest BCUT2D eigenvalue weighted by Crippen LogP contribution is -2.31. The molecule has 0 aliphatic heterocycles. The van der Waals surface area contributed by atoms with E-state index in [0.717, 1.165) is 10.5 Å². The number of H-pyrrole nitrogens is 1. The summed E-state index contributed by atoms with van der Waals surface area (Å²) in [5.74, 6) is -0.899. The van der Waals surface area contributed by atoms with Gasteiger partial charge in [0.2, 0.25) is 0 Å². The molecule has 1 amide bonds. The molecular weight excluding hydrogens is 430 g/mol. The zero-order valence-electron chi connectivity index (χ0n) is 14.3. The molecular formula is C19H16BrN3O3S. The van der Waals surface area contributed by atoms with E-state index in [-0.39, 0.29) is 27.8 Å². The molecule has 2 N–H and O–H groups in total. The van der Waals surface area contributed by atoms with Gasteiger partial charge in [0.1, 0.15) is 0 Å². The highest BCUT2D eigenvalue weighted by molar-refractivity contribution is 9.10. The van der Waals surface area contributed by atoms with Gasteiger partial charge in [-0.15, -0.1) is 11.8 Å². The molecule has 138 valence electrons. The van der Waals surface area contributed by atoms with Gasteiger partial charge in [0.05, 0.1) is 10.3 Å². The van der Waals surface area contributed by atoms with E-state index in [9.17, 15) is 14.7 Å². The van der Waals surface area contributed by atoms with E-state index >= 15 is 0 Å². The number of aryl methyl sites for hydroxylation is 1. The maximum Gasteiger partial charge on any atom is 0.355 e. The quantitative estimate of drug-likeness (QED) is 0.428. The van der Waals surface area contributed by atoms with Gasteiger partial charge in [-0.25, -0.2) is 4.79 Å². The lowest BCUT2D eigenvalue weighted by atomic mass is 10.2. The van der Waals surface area contributed by atoms with Crippen LogP contribution in [-0.4, -0.2) is 33.1 Å². The second kappa shape index (κ2) is 8.41. The molecule has 1 heterocycles. The SMILES string of the molecule is Cc1ccccc1SCN(C(=O)c1ccccc1)c1n[nH]c(C(=O)O)c1Br. The standard InChI is InChI=1S/C19H16BrN3O3S/c1-12-7-5-6-10-14(12)27-11-23(18(24)13-8-3-2-4-9-13)17-15(20)16(19(25)26)21-22-17/h2-10H,11H2,1H3,(H,21,22)(H,25,26). The molecule has 2 aromatic carbocycles. The lowest BCUT2D eigenvalue weighted by Gasteiger charge is -2.21. The molecule has 8 heteroatoms. The second-order valence-electron chi connectivity index (χ2n) is 5.68. The number of hydrogen-bond acceptors (Lipinski definition) is 4. The van der Waals surface area contributed by atoms with E-state index in [1.165, 1.54) is 16.7 Å². The molecule has 3 aromatic rings. The number of nitrogens with one attached hydrogen (secondary N) is 1. The van der Waals surface area contributed by atoms with Crippen molar-refractivity contribution in [2.75, 3.05) is 10.8 Å². The van der Waals surface area contributed by atoms with Crippen LogP contribution >= 0.6 is 27.7 Å². The van der Waals surface area contributed by atoms with E-state index in [0.29, 0.717) is 5.56 Å². The van der Waals surface area contributed by atoms with Gasteiger partial charge < -0.3 is 5.11 Å². The smallest absolute Gasteiger partial charge is 0.355 e. The predicted molar refractivity (Wildman–Crippen MR) is 108 cm³/mol. The van der Waals surface area contributed by atoms with Gasteiger partial charge >= 0.3 is 5.97 Å². The molecule has 0 radical (unpaired) electrons. The number of aromatic amines is 1. The minimum absolute atomic E-state index is 0.100. The first-order valence-corrected chi connectivity index (χ1v) is 9.79. The summed E-state index contributed by atoms with van der Waals surface area (Å²) in [6.45, 7) is 2.00. The third kappa shape index (κ3) is 4.23. The predicted octanol–water partition coefficient (Wildman–Crippen LogP) is 4.58. The Labute approximate surface area is 168 Å². The van der Waals surface area contributed by atoms with Gasteiger partial charge in [0.15, 0.2) is 11.5 Å². The van der Waals surface area contributed by atoms with Crippen LogP contribution in [0.25, 0.3) is 0 Å². The number of aromatic nitrogens is 2. The van der Waals surface area contributed by atoms with Gasteiger partial charge in [-0.1, -0.05) is 36.4 Å².